The number of hydrogen-bond donors (Lipinski definition) is 2. The predicted octanol–water partition coefficient (Wildman–Crippen LogP) is 1.06. The number of carbonyl (C=O) groups excluding carboxylic acids is 2. The summed E-state index contributed by atoms with van der Waals surface area (Å²) in [5, 5.41) is 10.4. The number of rotatable bonds is 5. The molecule has 0 spiro atoms. The van der Waals surface area contributed by atoms with Gasteiger partial charge < -0.3 is 24.8 Å². The number of carbonyl (C=O) groups is 2. The van der Waals surface area contributed by atoms with Gasteiger partial charge in [0, 0.05) is 31.7 Å². The van der Waals surface area contributed by atoms with E-state index in [2.05, 4.69) is 15.8 Å². The second-order valence-corrected chi connectivity index (χ2v) is 7.56. The van der Waals surface area contributed by atoms with Gasteiger partial charge in [0.25, 0.3) is 5.91 Å². The Kier molecular flexibility index (Phi) is 6.16. The Morgan fingerprint density at radius 2 is 2.11 bits per heavy atom. The number of aromatic nitrogens is 1. The first kappa shape index (κ1) is 19.8. The second kappa shape index (κ2) is 8.39. The molecule has 1 aromatic heterocycles. The lowest BCUT2D eigenvalue weighted by molar-refractivity contribution is -0.147. The summed E-state index contributed by atoms with van der Waals surface area (Å²) in [6.45, 7) is 6.42. The molecule has 2 aliphatic rings. The Labute approximate surface area is 160 Å². The highest BCUT2D eigenvalue weighted by molar-refractivity contribution is 5.86. The third-order valence-electron chi connectivity index (χ3n) is 5.89. The third-order valence-corrected chi connectivity index (χ3v) is 5.89. The van der Waals surface area contributed by atoms with Crippen molar-refractivity contribution >= 4 is 11.8 Å². The van der Waals surface area contributed by atoms with Crippen LogP contribution in [0.5, 0.6) is 0 Å². The predicted molar refractivity (Wildman–Crippen MR) is 99.0 cm³/mol. The van der Waals surface area contributed by atoms with Crippen molar-refractivity contribution in [2.75, 3.05) is 26.7 Å². The van der Waals surface area contributed by atoms with Gasteiger partial charge in [-0.2, -0.15) is 0 Å². The van der Waals surface area contributed by atoms with Gasteiger partial charge in [0.2, 0.25) is 5.91 Å². The van der Waals surface area contributed by atoms with Crippen LogP contribution in [0.15, 0.2) is 4.52 Å². The largest absolute Gasteiger partial charge is 0.368 e. The van der Waals surface area contributed by atoms with Crippen LogP contribution >= 0.6 is 0 Å². The van der Waals surface area contributed by atoms with E-state index >= 15 is 0 Å². The molecule has 2 N–H and O–H groups in total. The van der Waals surface area contributed by atoms with Crippen molar-refractivity contribution in [3.8, 4) is 0 Å². The molecule has 8 nitrogen and oxygen atoms in total. The van der Waals surface area contributed by atoms with Crippen molar-refractivity contribution < 1.29 is 18.8 Å². The van der Waals surface area contributed by atoms with Crippen LogP contribution in [0.25, 0.3) is 0 Å². The highest BCUT2D eigenvalue weighted by Crippen LogP contribution is 2.24. The van der Waals surface area contributed by atoms with Crippen molar-refractivity contribution in [1.82, 2.24) is 20.7 Å². The fourth-order valence-corrected chi connectivity index (χ4v) is 3.94. The fraction of sp³-hybridized carbons (Fsp3) is 0.737. The maximum absolute atomic E-state index is 12.9. The highest BCUT2D eigenvalue weighted by Gasteiger charge is 2.40. The summed E-state index contributed by atoms with van der Waals surface area (Å²) >= 11 is 0. The minimum Gasteiger partial charge on any atom is -0.368 e. The second-order valence-electron chi connectivity index (χ2n) is 7.56. The monoisotopic (exact) mass is 378 g/mol. The van der Waals surface area contributed by atoms with E-state index < -0.39 is 5.60 Å². The van der Waals surface area contributed by atoms with Gasteiger partial charge in [-0.25, -0.2) is 0 Å². The van der Waals surface area contributed by atoms with E-state index in [1.807, 2.05) is 18.7 Å². The maximum Gasteiger partial charge on any atom is 0.252 e. The average molecular weight is 378 g/mol. The summed E-state index contributed by atoms with van der Waals surface area (Å²) in [6.07, 6.45) is 3.15. The Morgan fingerprint density at radius 3 is 2.74 bits per heavy atom. The van der Waals surface area contributed by atoms with Crippen molar-refractivity contribution in [3.63, 3.8) is 0 Å². The quantitative estimate of drug-likeness (QED) is 0.795. The summed E-state index contributed by atoms with van der Waals surface area (Å²) < 4.78 is 10.8. The molecule has 2 aliphatic heterocycles. The molecule has 2 saturated heterocycles. The maximum atomic E-state index is 12.9. The average Bonchev–Trinajstić information content (AvgIpc) is 2.89. The molecule has 2 fully saturated rings. The van der Waals surface area contributed by atoms with Gasteiger partial charge in [0.05, 0.1) is 12.2 Å². The van der Waals surface area contributed by atoms with Crippen LogP contribution in [-0.2, 0) is 20.9 Å². The molecule has 27 heavy (non-hydrogen) atoms. The molecule has 0 aliphatic carbocycles. The van der Waals surface area contributed by atoms with Crippen LogP contribution < -0.4 is 10.6 Å². The van der Waals surface area contributed by atoms with Crippen LogP contribution in [0.3, 0.4) is 0 Å². The van der Waals surface area contributed by atoms with E-state index in [0.29, 0.717) is 38.8 Å². The first-order chi connectivity index (χ1) is 12.9. The van der Waals surface area contributed by atoms with Crippen LogP contribution in [0.1, 0.15) is 49.1 Å². The van der Waals surface area contributed by atoms with E-state index in [1.165, 1.54) is 0 Å². The number of likely N-dealkylation sites (tertiary alicyclic amines) is 1. The van der Waals surface area contributed by atoms with Gasteiger partial charge in [0.15, 0.2) is 0 Å². The van der Waals surface area contributed by atoms with Gasteiger partial charge in [-0.15, -0.1) is 0 Å². The zero-order valence-electron chi connectivity index (χ0n) is 16.5. The van der Waals surface area contributed by atoms with Crippen LogP contribution in [0, 0.1) is 13.8 Å². The lowest BCUT2D eigenvalue weighted by atomic mass is 9.90. The summed E-state index contributed by atoms with van der Waals surface area (Å²) in [7, 11) is 1.60. The van der Waals surface area contributed by atoms with Crippen LogP contribution in [0.2, 0.25) is 0 Å². The zero-order chi connectivity index (χ0) is 19.4. The van der Waals surface area contributed by atoms with Gasteiger partial charge >= 0.3 is 0 Å². The number of hydrogen-bond acceptors (Lipinski definition) is 6. The molecule has 3 heterocycles. The molecule has 0 aromatic carbocycles. The number of methoxy groups -OCH3 is 1. The van der Waals surface area contributed by atoms with Crippen LogP contribution in [-0.4, -0.2) is 60.3 Å². The Morgan fingerprint density at radius 1 is 1.37 bits per heavy atom. The van der Waals surface area contributed by atoms with Crippen molar-refractivity contribution in [3.05, 3.63) is 17.0 Å². The lowest BCUT2D eigenvalue weighted by Crippen LogP contribution is -2.56. The molecule has 1 atom stereocenters. The lowest BCUT2D eigenvalue weighted by Gasteiger charge is -2.36. The number of aryl methyl sites for hydroxylation is 2. The molecule has 8 heteroatoms. The van der Waals surface area contributed by atoms with E-state index in [1.54, 1.807) is 7.11 Å². The molecule has 0 bridgehead atoms. The first-order valence-electron chi connectivity index (χ1n) is 9.71. The van der Waals surface area contributed by atoms with Gasteiger partial charge in [0.1, 0.15) is 11.4 Å². The standard InChI is InChI=1S/C19H30N4O4/c1-13-16(14(2)27-22-13)12-23-11-6-15(4-5-17(23)24)21-18(25)19(26-3)7-9-20-10-8-19/h15,20H,4-12H2,1-3H3,(H,21,25). The van der Waals surface area contributed by atoms with E-state index in [4.69, 9.17) is 9.26 Å². The molecular weight excluding hydrogens is 348 g/mol. The topological polar surface area (TPSA) is 96.7 Å². The number of nitrogens with zero attached hydrogens (tertiary/aromatic N) is 2. The van der Waals surface area contributed by atoms with E-state index in [9.17, 15) is 9.59 Å². The van der Waals surface area contributed by atoms with Gasteiger partial charge in [-0.3, -0.25) is 9.59 Å². The molecule has 150 valence electrons. The molecule has 1 unspecified atom stereocenters. The first-order valence-corrected chi connectivity index (χ1v) is 9.71. The highest BCUT2D eigenvalue weighted by atomic mass is 16.5. The molecular formula is C19H30N4O4. The number of amides is 2. The van der Waals surface area contributed by atoms with E-state index in [0.717, 1.165) is 36.5 Å². The zero-order valence-corrected chi connectivity index (χ0v) is 16.5. The van der Waals surface area contributed by atoms with Crippen LogP contribution in [0.4, 0.5) is 0 Å². The smallest absolute Gasteiger partial charge is 0.252 e. The molecule has 1 aromatic rings. The molecule has 2 amide bonds. The summed E-state index contributed by atoms with van der Waals surface area (Å²) in [5.74, 6) is 0.806. The normalized spacial score (nSPS) is 23.1. The Balaban J connectivity index is 1.60. The minimum atomic E-state index is -0.752. The molecule has 0 saturated carbocycles. The number of ether oxygens (including phenoxy) is 1. The minimum absolute atomic E-state index is 0.0157. The summed E-state index contributed by atoms with van der Waals surface area (Å²) in [6, 6.07) is -0.0157. The molecule has 0 radical (unpaired) electrons. The van der Waals surface area contributed by atoms with E-state index in [-0.39, 0.29) is 17.9 Å². The van der Waals surface area contributed by atoms with Gasteiger partial charge in [-0.1, -0.05) is 5.16 Å². The summed E-state index contributed by atoms with van der Waals surface area (Å²) in [4.78, 5) is 27.2. The SMILES string of the molecule is COC1(C(=O)NC2CCC(=O)N(Cc3c(C)noc3C)CC2)CCNCC1. The third kappa shape index (κ3) is 4.32. The molecule has 3 rings (SSSR count). The van der Waals surface area contributed by atoms with Crippen molar-refractivity contribution in [1.29, 1.82) is 0 Å². The number of piperidine rings is 1. The van der Waals surface area contributed by atoms with Crippen molar-refractivity contribution in [2.45, 2.75) is 64.1 Å². The number of nitrogens with one attached hydrogen (secondary N) is 2. The Hall–Kier alpha value is -1.93. The fourth-order valence-electron chi connectivity index (χ4n) is 3.94. The summed E-state index contributed by atoms with van der Waals surface area (Å²) in [5.41, 5.74) is 1.04. The van der Waals surface area contributed by atoms with Gasteiger partial charge in [-0.05, 0) is 52.6 Å². The Bertz CT molecular complexity index is 662. The van der Waals surface area contributed by atoms with Crippen molar-refractivity contribution in [2.24, 2.45) is 0 Å².